The van der Waals surface area contributed by atoms with Gasteiger partial charge in [-0.2, -0.15) is 0 Å². The van der Waals surface area contributed by atoms with Crippen LogP contribution in [0.15, 0.2) is 4.99 Å². The Morgan fingerprint density at radius 2 is 0.822 bits per heavy atom. The Morgan fingerprint density at radius 1 is 0.439 bits per heavy atom. The highest BCUT2D eigenvalue weighted by Crippen LogP contribution is 2.37. The first-order valence-electron chi connectivity index (χ1n) is 40.1. The molecule has 13 aliphatic rings. The van der Waals surface area contributed by atoms with E-state index >= 15 is 0 Å². The molecule has 0 bridgehead atoms. The van der Waals surface area contributed by atoms with Crippen molar-refractivity contribution >= 4 is 43.7 Å². The van der Waals surface area contributed by atoms with Gasteiger partial charge in [0.25, 0.3) is 0 Å². The van der Waals surface area contributed by atoms with Gasteiger partial charge in [0.15, 0.2) is 37.2 Å². The van der Waals surface area contributed by atoms with E-state index in [4.69, 9.17) is 56.8 Å². The fraction of sp³-hybridized carbons (Fsp3) is 0.922. The summed E-state index contributed by atoms with van der Waals surface area (Å²) in [5.41, 5.74) is 0.157. The molecule has 5 atom stereocenters. The number of likely N-dealkylation sites (tertiary alicyclic amines) is 2. The second-order valence-electron chi connectivity index (χ2n) is 33.8. The van der Waals surface area contributed by atoms with Gasteiger partial charge >= 0.3 is 12.2 Å². The molecule has 25 nitrogen and oxygen atoms in total. The lowest BCUT2D eigenvalue weighted by Gasteiger charge is -2.33. The van der Waals surface area contributed by atoms with Gasteiger partial charge in [-0.1, -0.05) is 19.6 Å². The van der Waals surface area contributed by atoms with Crippen LogP contribution < -0.4 is 21.3 Å². The smallest absolute Gasteiger partial charge is 0.410 e. The van der Waals surface area contributed by atoms with E-state index in [0.717, 1.165) is 143 Å². The maximum atomic E-state index is 13.2. The summed E-state index contributed by atoms with van der Waals surface area (Å²) in [7, 11) is -1.55. The van der Waals surface area contributed by atoms with Crippen LogP contribution in [0, 0.1) is 0 Å². The molecule has 30 heteroatoms. The summed E-state index contributed by atoms with van der Waals surface area (Å²) in [5.74, 6) is -6.10. The van der Waals surface area contributed by atoms with Crippen molar-refractivity contribution < 1.29 is 98.4 Å². The molecule has 5 spiro atoms. The molecule has 4 amide bonds. The molecule has 13 heterocycles. The fourth-order valence-electron chi connectivity index (χ4n) is 14.5. The number of ketones is 1. The SMILES string of the molecule is CC1=NCCC2(CC1)OCCO2.CC1CCC(=O)CCN1C(=O)OC(C)(C)C.CC1CCC(F)(F)CCN1.CC1CCC(F)(F)CCN1C(=O)OC(C)(C)C.CC1CCC2(CCN1)OCCO2.CC1CCC2(CCN1)OCCO2.C[Si](C)(C)N1CCC2(CCC1=O)OCCO2.O=C1CCC2(CCN1)OCCO2. The summed E-state index contributed by atoms with van der Waals surface area (Å²) in [6.45, 7) is 42.2. The van der Waals surface area contributed by atoms with Gasteiger partial charge in [-0.15, -0.1) is 0 Å². The highest BCUT2D eigenvalue weighted by atomic mass is 28.3. The van der Waals surface area contributed by atoms with E-state index in [1.807, 2.05) is 34.6 Å². The average molecular weight is 1550 g/mol. The van der Waals surface area contributed by atoms with E-state index < -0.39 is 49.0 Å². The molecule has 0 aromatic heterocycles. The zero-order valence-electron chi connectivity index (χ0n) is 67.8. The van der Waals surface area contributed by atoms with Gasteiger partial charge in [0.05, 0.1) is 66.1 Å². The van der Waals surface area contributed by atoms with Gasteiger partial charge in [0, 0.05) is 204 Å². The lowest BCUT2D eigenvalue weighted by atomic mass is 10.1. The average Bonchev–Trinajstić information content (AvgIpc) is 1.12. The molecule has 0 saturated carbocycles. The third-order valence-electron chi connectivity index (χ3n) is 21.2. The normalized spacial score (nSPS) is 28.8. The van der Waals surface area contributed by atoms with Crippen molar-refractivity contribution in [2.75, 3.05) is 118 Å². The molecule has 620 valence electrons. The van der Waals surface area contributed by atoms with Gasteiger partial charge in [-0.3, -0.25) is 19.4 Å². The minimum atomic E-state index is -2.66. The quantitative estimate of drug-likeness (QED) is 0.140. The van der Waals surface area contributed by atoms with E-state index in [1.165, 1.54) is 10.6 Å². The first-order chi connectivity index (χ1) is 50.2. The number of hydrogen-bond acceptors (Lipinski definition) is 21. The van der Waals surface area contributed by atoms with Crippen molar-refractivity contribution in [1.82, 2.24) is 35.6 Å². The standard InChI is InChI=1S/C12H21F2NO2.C12H21NO3.C11H21NO3Si.2C9H17NO2.C9H15NO2.C8H13NO3.C7H13F2N/c1-9-5-6-12(13,14)7-8-15(9)10(16)17-11(2,3)4;1-9-5-6-10(14)7-8-13(9)11(15)16-12(2,3)4;1-16(2,3)12-7-6-11(5-4-10(12)13)14-8-9-15-11;3*1-8-2-3-9(4-5-10-8)11-6-7-12-9;10-7-1-2-8(3-4-9-7)11-5-6-12-8;1-6-2-3-7(8,9)4-5-10-6/h9H,5-8H2,1-4H3;9H,5-8H2,1-4H3;4-9H2,1-3H3;2*8,10H,2-7H2,1H3;2-7H2,1H3;1-6H2,(H,9,10);6,10H,2-5H2,1H3. The fourth-order valence-corrected chi connectivity index (χ4v) is 16.2. The van der Waals surface area contributed by atoms with Gasteiger partial charge < -0.3 is 92.5 Å². The zero-order valence-corrected chi connectivity index (χ0v) is 68.8. The van der Waals surface area contributed by atoms with Crippen molar-refractivity contribution in [2.24, 2.45) is 4.99 Å². The van der Waals surface area contributed by atoms with Crippen LogP contribution in [-0.4, -0.2) is 259 Å². The number of ether oxygens (including phenoxy) is 12. The van der Waals surface area contributed by atoms with E-state index in [0.29, 0.717) is 110 Å². The monoisotopic (exact) mass is 1550 g/mol. The number of amides is 4. The summed E-state index contributed by atoms with van der Waals surface area (Å²) in [6.07, 6.45) is 14.8. The highest BCUT2D eigenvalue weighted by molar-refractivity contribution is 6.75. The molecule has 0 aliphatic carbocycles. The largest absolute Gasteiger partial charge is 0.444 e. The van der Waals surface area contributed by atoms with E-state index in [1.54, 1.807) is 32.6 Å². The molecule has 0 aromatic carbocycles. The Hall–Kier alpha value is -3.76. The topological polar surface area (TPSA) is 266 Å². The lowest BCUT2D eigenvalue weighted by Crippen LogP contribution is -2.49. The number of rotatable bonds is 1. The van der Waals surface area contributed by atoms with Crippen LogP contribution in [-0.2, 0) is 71.2 Å². The van der Waals surface area contributed by atoms with Gasteiger partial charge in [-0.25, -0.2) is 27.2 Å². The molecular weight excluding hydrogens is 1410 g/mol. The Kier molecular flexibility index (Phi) is 36.5. The van der Waals surface area contributed by atoms with Crippen molar-refractivity contribution in [3.05, 3.63) is 0 Å². The van der Waals surface area contributed by atoms with Gasteiger partial charge in [0.2, 0.25) is 23.7 Å². The first-order valence-corrected chi connectivity index (χ1v) is 43.5. The number of carbonyl (C=O) groups is 5. The van der Waals surface area contributed by atoms with Crippen LogP contribution in [0.5, 0.6) is 0 Å². The van der Waals surface area contributed by atoms with Crippen molar-refractivity contribution in [1.29, 1.82) is 0 Å². The van der Waals surface area contributed by atoms with Crippen LogP contribution in [0.25, 0.3) is 0 Å². The third-order valence-corrected chi connectivity index (χ3v) is 23.3. The number of aliphatic imine (C=N–C) groups is 1. The molecule has 5 unspecified atom stereocenters. The number of hydrogen-bond donors (Lipinski definition) is 4. The summed E-state index contributed by atoms with van der Waals surface area (Å²) in [5, 5.41) is 12.7. The minimum Gasteiger partial charge on any atom is -0.444 e. The Morgan fingerprint density at radius 3 is 1.30 bits per heavy atom. The molecular formula is C77H138F4N8O17Si. The number of halogens is 4. The number of alkyl halides is 4. The Bertz CT molecular complexity index is 2680. The minimum absolute atomic E-state index is 0.00264. The number of nitrogens with one attached hydrogen (secondary N) is 4. The highest BCUT2D eigenvalue weighted by Gasteiger charge is 2.45. The van der Waals surface area contributed by atoms with Crippen LogP contribution in [0.1, 0.15) is 237 Å². The zero-order chi connectivity index (χ0) is 78.8. The first kappa shape index (κ1) is 92.1. The third kappa shape index (κ3) is 33.1. The predicted molar refractivity (Wildman–Crippen MR) is 402 cm³/mol. The Labute approximate surface area is 637 Å². The number of Topliss-reactive ketones (excluding diaryl/α,β-unsaturated/α-hetero) is 1. The van der Waals surface area contributed by atoms with Crippen LogP contribution in [0.2, 0.25) is 19.6 Å². The van der Waals surface area contributed by atoms with Gasteiger partial charge in [-0.05, 0) is 122 Å². The van der Waals surface area contributed by atoms with Crippen LogP contribution in [0.3, 0.4) is 0 Å². The molecule has 0 radical (unpaired) electrons. The van der Waals surface area contributed by atoms with Crippen molar-refractivity contribution in [3.8, 4) is 0 Å². The maximum Gasteiger partial charge on any atom is 0.410 e. The van der Waals surface area contributed by atoms with Crippen LogP contribution >= 0.6 is 0 Å². The summed E-state index contributed by atoms with van der Waals surface area (Å²) in [6, 6.07) is 1.36. The second kappa shape index (κ2) is 42.4. The van der Waals surface area contributed by atoms with E-state index in [2.05, 4.69) is 71.2 Å². The number of nitrogens with zero attached hydrogens (tertiary/aromatic N) is 4. The molecule has 4 N–H and O–H groups in total. The summed E-state index contributed by atoms with van der Waals surface area (Å²) >= 11 is 0. The predicted octanol–water partition coefficient (Wildman–Crippen LogP) is 12.3. The van der Waals surface area contributed by atoms with E-state index in [9.17, 15) is 41.5 Å². The Balaban J connectivity index is 0.000000192. The summed E-state index contributed by atoms with van der Waals surface area (Å²) in [4.78, 5) is 65.5. The van der Waals surface area contributed by atoms with Crippen molar-refractivity contribution in [2.45, 2.75) is 339 Å². The molecule has 13 aliphatic heterocycles. The van der Waals surface area contributed by atoms with Crippen molar-refractivity contribution in [3.63, 3.8) is 0 Å². The number of carbonyl (C=O) groups excluding carboxylic acids is 5. The lowest BCUT2D eigenvalue weighted by molar-refractivity contribution is -0.164. The van der Waals surface area contributed by atoms with E-state index in [-0.39, 0.29) is 91.4 Å². The second-order valence-corrected chi connectivity index (χ2v) is 38.7. The van der Waals surface area contributed by atoms with Crippen LogP contribution in [0.4, 0.5) is 27.2 Å². The molecule has 12 fully saturated rings. The molecule has 107 heavy (non-hydrogen) atoms. The molecule has 0 aromatic rings. The van der Waals surface area contributed by atoms with Gasteiger partial charge in [0.1, 0.15) is 17.0 Å². The molecule has 12 saturated heterocycles. The molecule has 13 rings (SSSR count). The maximum absolute atomic E-state index is 13.2. The summed E-state index contributed by atoms with van der Waals surface area (Å²) < 4.78 is 120.